The molecule has 2 rings (SSSR count). The van der Waals surface area contributed by atoms with Crippen LogP contribution in [0.4, 0.5) is 4.79 Å². The molecule has 1 aromatic carbocycles. The number of nitrogens with zero attached hydrogens (tertiary/aromatic N) is 3. The van der Waals surface area contributed by atoms with E-state index in [1.54, 1.807) is 18.2 Å². The van der Waals surface area contributed by atoms with Crippen molar-refractivity contribution in [2.45, 2.75) is 5.16 Å². The van der Waals surface area contributed by atoms with Crippen LogP contribution in [0.15, 0.2) is 23.4 Å². The summed E-state index contributed by atoms with van der Waals surface area (Å²) in [4.78, 5) is 22.6. The number of nitrogen functional groups attached to an aromatic ring is 1. The zero-order valence-corrected chi connectivity index (χ0v) is 14.2. The van der Waals surface area contributed by atoms with E-state index in [4.69, 9.17) is 29.0 Å². The highest BCUT2D eigenvalue weighted by Crippen LogP contribution is 2.30. The third-order valence-corrected chi connectivity index (χ3v) is 4.14. The molecule has 0 unspecified atom stereocenters. The topological polar surface area (TPSA) is 115 Å². The summed E-state index contributed by atoms with van der Waals surface area (Å²) in [6.45, 7) is 0. The summed E-state index contributed by atoms with van der Waals surface area (Å²) in [5, 5.41) is 13.4. The second-order valence-electron chi connectivity index (χ2n) is 4.22. The predicted molar refractivity (Wildman–Crippen MR) is 89.0 cm³/mol. The molecule has 4 N–H and O–H groups in total. The zero-order chi connectivity index (χ0) is 17.0. The first-order valence-electron chi connectivity index (χ1n) is 6.22. The summed E-state index contributed by atoms with van der Waals surface area (Å²) >= 11 is 13.0. The molecule has 0 aliphatic carbocycles. The Balaban J connectivity index is 2.10. The lowest BCUT2D eigenvalue weighted by Crippen LogP contribution is -2.38. The monoisotopic (exact) mass is 374 g/mol. The van der Waals surface area contributed by atoms with Crippen molar-refractivity contribution in [2.24, 2.45) is 0 Å². The van der Waals surface area contributed by atoms with Crippen LogP contribution in [-0.4, -0.2) is 39.6 Å². The number of nitrogens with one attached hydrogen (secondary N) is 2. The van der Waals surface area contributed by atoms with Crippen LogP contribution in [0, 0.1) is 0 Å². The minimum absolute atomic E-state index is 0.0445. The largest absolute Gasteiger partial charge is 0.341 e. The molecule has 11 heteroatoms. The van der Waals surface area contributed by atoms with E-state index >= 15 is 0 Å². The molecule has 1 heterocycles. The van der Waals surface area contributed by atoms with Gasteiger partial charge in [-0.25, -0.2) is 9.47 Å². The molecular weight excluding hydrogens is 363 g/mol. The summed E-state index contributed by atoms with van der Waals surface area (Å²) in [5.74, 6) is 5.73. The number of amides is 3. The van der Waals surface area contributed by atoms with E-state index in [2.05, 4.69) is 20.8 Å². The van der Waals surface area contributed by atoms with Gasteiger partial charge in [-0.3, -0.25) is 10.1 Å². The molecule has 122 valence electrons. The van der Waals surface area contributed by atoms with E-state index in [-0.39, 0.29) is 5.75 Å². The lowest BCUT2D eigenvalue weighted by atomic mass is 10.2. The number of halogens is 2. The minimum Gasteiger partial charge on any atom is -0.341 e. The third kappa shape index (κ3) is 4.27. The van der Waals surface area contributed by atoms with Gasteiger partial charge in [-0.1, -0.05) is 35.0 Å². The van der Waals surface area contributed by atoms with Gasteiger partial charge >= 0.3 is 6.03 Å². The van der Waals surface area contributed by atoms with Crippen molar-refractivity contribution in [1.29, 1.82) is 0 Å². The molecule has 0 saturated heterocycles. The maximum atomic E-state index is 11.5. The number of aromatic nitrogens is 3. The van der Waals surface area contributed by atoms with Gasteiger partial charge in [-0.05, 0) is 18.2 Å². The van der Waals surface area contributed by atoms with Gasteiger partial charge in [0.15, 0.2) is 5.82 Å². The van der Waals surface area contributed by atoms with E-state index < -0.39 is 11.9 Å². The minimum atomic E-state index is -0.585. The van der Waals surface area contributed by atoms with Crippen molar-refractivity contribution in [3.8, 4) is 11.4 Å². The van der Waals surface area contributed by atoms with Crippen LogP contribution < -0.4 is 16.5 Å². The fraction of sp³-hybridized carbons (Fsp3) is 0.167. The molecule has 23 heavy (non-hydrogen) atoms. The number of benzene rings is 1. The lowest BCUT2D eigenvalue weighted by Gasteiger charge is -2.06. The molecule has 2 aromatic rings. The van der Waals surface area contributed by atoms with Crippen LogP contribution >= 0.6 is 35.0 Å². The number of nitrogens with two attached hydrogens (primary N) is 1. The van der Waals surface area contributed by atoms with Crippen LogP contribution in [0.1, 0.15) is 0 Å². The number of rotatable bonds is 4. The van der Waals surface area contributed by atoms with Gasteiger partial charge in [0.25, 0.3) is 0 Å². The molecule has 0 aliphatic heterocycles. The van der Waals surface area contributed by atoms with Gasteiger partial charge in [-0.2, -0.15) is 0 Å². The van der Waals surface area contributed by atoms with Crippen molar-refractivity contribution >= 4 is 46.9 Å². The lowest BCUT2D eigenvalue weighted by molar-refractivity contribution is -0.117. The zero-order valence-electron chi connectivity index (χ0n) is 11.8. The first-order valence-corrected chi connectivity index (χ1v) is 7.96. The molecule has 1 aromatic heterocycles. The summed E-state index contributed by atoms with van der Waals surface area (Å²) in [6.07, 6.45) is 0. The number of imide groups is 1. The number of thioether (sulfide) groups is 1. The molecule has 0 aliphatic rings. The Labute approximate surface area is 145 Å². The highest BCUT2D eigenvalue weighted by molar-refractivity contribution is 7.99. The van der Waals surface area contributed by atoms with Gasteiger partial charge in [0.05, 0.1) is 10.8 Å². The standard InChI is InChI=1S/C12H12Cl2N6O2S/c1-16-11(22)17-9(21)5-23-12-19-18-10(20(12)15)7-3-2-6(13)4-8(7)14/h2-4H,5,15H2,1H3,(H2,16,17,21,22). The quantitative estimate of drug-likeness (QED) is 0.551. The summed E-state index contributed by atoms with van der Waals surface area (Å²) in [6, 6.07) is 4.31. The fourth-order valence-electron chi connectivity index (χ4n) is 1.59. The Morgan fingerprint density at radius 3 is 2.74 bits per heavy atom. The van der Waals surface area contributed by atoms with Gasteiger partial charge < -0.3 is 11.2 Å². The molecule has 0 bridgehead atoms. The average Bonchev–Trinajstić information content (AvgIpc) is 2.86. The number of carbonyl (C=O) groups is 2. The summed E-state index contributed by atoms with van der Waals surface area (Å²) in [5.41, 5.74) is 0.563. The van der Waals surface area contributed by atoms with Crippen molar-refractivity contribution < 1.29 is 9.59 Å². The molecule has 0 atom stereocenters. The molecule has 8 nitrogen and oxygen atoms in total. The fourth-order valence-corrected chi connectivity index (χ4v) is 2.73. The predicted octanol–water partition coefficient (Wildman–Crippen LogP) is 1.51. The number of carbonyl (C=O) groups excluding carboxylic acids is 2. The highest BCUT2D eigenvalue weighted by Gasteiger charge is 2.16. The molecule has 0 saturated carbocycles. The number of hydrogen-bond donors (Lipinski definition) is 3. The third-order valence-electron chi connectivity index (χ3n) is 2.65. The number of urea groups is 1. The summed E-state index contributed by atoms with van der Waals surface area (Å²) in [7, 11) is 1.41. The van der Waals surface area contributed by atoms with Crippen LogP contribution in [0.2, 0.25) is 10.0 Å². The highest BCUT2D eigenvalue weighted by atomic mass is 35.5. The molecule has 0 spiro atoms. The van der Waals surface area contributed by atoms with Gasteiger partial charge in [0.1, 0.15) is 0 Å². The van der Waals surface area contributed by atoms with E-state index in [0.717, 1.165) is 11.8 Å². The van der Waals surface area contributed by atoms with Crippen molar-refractivity contribution in [1.82, 2.24) is 25.5 Å². The molecule has 0 fully saturated rings. The SMILES string of the molecule is CNC(=O)NC(=O)CSc1nnc(-c2ccc(Cl)cc2Cl)n1N. The smallest absolute Gasteiger partial charge is 0.321 e. The van der Waals surface area contributed by atoms with Crippen LogP contribution in [0.3, 0.4) is 0 Å². The van der Waals surface area contributed by atoms with Gasteiger partial charge in [0.2, 0.25) is 11.1 Å². The summed E-state index contributed by atoms with van der Waals surface area (Å²) < 4.78 is 1.22. The Hall–Kier alpha value is -1.97. The maximum Gasteiger partial charge on any atom is 0.321 e. The maximum absolute atomic E-state index is 11.5. The second-order valence-corrected chi connectivity index (χ2v) is 6.00. The second kappa shape index (κ2) is 7.53. The normalized spacial score (nSPS) is 10.4. The van der Waals surface area contributed by atoms with Gasteiger partial charge in [0, 0.05) is 17.6 Å². The van der Waals surface area contributed by atoms with Crippen LogP contribution in [0.25, 0.3) is 11.4 Å². The van der Waals surface area contributed by atoms with E-state index in [9.17, 15) is 9.59 Å². The molecular formula is C12H12Cl2N6O2S. The first-order chi connectivity index (χ1) is 10.9. The molecule has 3 amide bonds. The Morgan fingerprint density at radius 2 is 2.09 bits per heavy atom. The number of hydrogen-bond acceptors (Lipinski definition) is 6. The van der Waals surface area contributed by atoms with E-state index in [1.165, 1.54) is 11.7 Å². The Bertz CT molecular complexity index is 751. The van der Waals surface area contributed by atoms with Crippen molar-refractivity contribution in [2.75, 3.05) is 18.6 Å². The van der Waals surface area contributed by atoms with Crippen molar-refractivity contribution in [3.05, 3.63) is 28.2 Å². The van der Waals surface area contributed by atoms with Crippen LogP contribution in [-0.2, 0) is 4.79 Å². The Morgan fingerprint density at radius 1 is 1.35 bits per heavy atom. The van der Waals surface area contributed by atoms with Crippen LogP contribution in [0.5, 0.6) is 0 Å². The average molecular weight is 375 g/mol. The van der Waals surface area contributed by atoms with E-state index in [1.807, 2.05) is 0 Å². The first kappa shape index (κ1) is 17.4. The van der Waals surface area contributed by atoms with Gasteiger partial charge in [-0.15, -0.1) is 10.2 Å². The Kier molecular flexibility index (Phi) is 5.69. The van der Waals surface area contributed by atoms with Crippen molar-refractivity contribution in [3.63, 3.8) is 0 Å². The van der Waals surface area contributed by atoms with E-state index in [0.29, 0.717) is 26.6 Å². The molecule has 0 radical (unpaired) electrons.